The maximum atomic E-state index is 12.6. The number of benzene rings is 2. The fraction of sp³-hybridized carbons (Fsp3) is 0.300. The molecule has 0 spiro atoms. The van der Waals surface area contributed by atoms with Crippen molar-refractivity contribution in [1.29, 1.82) is 0 Å². The summed E-state index contributed by atoms with van der Waals surface area (Å²) in [5, 5.41) is 5.29. The van der Waals surface area contributed by atoms with Crippen molar-refractivity contribution in [3.8, 4) is 0 Å². The fourth-order valence-electron chi connectivity index (χ4n) is 3.03. The second-order valence-corrected chi connectivity index (χ2v) is 8.34. The van der Waals surface area contributed by atoms with Crippen molar-refractivity contribution in [2.45, 2.75) is 32.6 Å². The van der Waals surface area contributed by atoms with Gasteiger partial charge in [0.15, 0.2) is 0 Å². The molecule has 2 aromatic rings. The molecule has 0 aliphatic rings. The predicted molar refractivity (Wildman–Crippen MR) is 109 cm³/mol. The number of carbonyl (C=O) groups excluding carboxylic acids is 2. The lowest BCUT2D eigenvalue weighted by molar-refractivity contribution is -0.114. The third kappa shape index (κ3) is 5.64. The monoisotopic (exact) mass is 403 g/mol. The first-order valence-corrected chi connectivity index (χ1v) is 10.3. The molecule has 0 fully saturated rings. The van der Waals surface area contributed by atoms with Crippen LogP contribution in [0.15, 0.2) is 41.3 Å². The highest BCUT2D eigenvalue weighted by Gasteiger charge is 2.19. The van der Waals surface area contributed by atoms with Crippen LogP contribution < -0.4 is 15.4 Å². The van der Waals surface area contributed by atoms with E-state index in [9.17, 15) is 18.0 Å². The average molecular weight is 404 g/mol. The van der Waals surface area contributed by atoms with E-state index in [1.807, 2.05) is 19.1 Å². The maximum Gasteiger partial charge on any atom is 0.251 e. The van der Waals surface area contributed by atoms with Gasteiger partial charge in [0.25, 0.3) is 5.91 Å². The first kappa shape index (κ1) is 21.6. The summed E-state index contributed by atoms with van der Waals surface area (Å²) in [6.45, 7) is 7.07. The van der Waals surface area contributed by atoms with Gasteiger partial charge in [0.05, 0.1) is 4.90 Å². The lowest BCUT2D eigenvalue weighted by Gasteiger charge is -2.13. The lowest BCUT2D eigenvalue weighted by atomic mass is 10.1. The van der Waals surface area contributed by atoms with E-state index in [-0.39, 0.29) is 29.8 Å². The molecule has 0 atom stereocenters. The number of carbonyl (C=O) groups is 2. The number of sulfonamides is 1. The largest absolute Gasteiger partial charge is 0.351 e. The summed E-state index contributed by atoms with van der Waals surface area (Å²) in [6, 6.07) is 10.1. The van der Waals surface area contributed by atoms with Gasteiger partial charge in [-0.2, -0.15) is 0 Å². The molecule has 0 aromatic heterocycles. The van der Waals surface area contributed by atoms with E-state index in [1.54, 1.807) is 38.1 Å². The highest BCUT2D eigenvalue weighted by molar-refractivity contribution is 7.89. The molecule has 0 aliphatic carbocycles. The zero-order valence-corrected chi connectivity index (χ0v) is 17.2. The molecule has 2 amide bonds. The van der Waals surface area contributed by atoms with Crippen LogP contribution in [-0.2, 0) is 14.8 Å². The summed E-state index contributed by atoms with van der Waals surface area (Å²) < 4.78 is 27.7. The third-order valence-electron chi connectivity index (χ3n) is 4.04. The minimum atomic E-state index is -3.66. The summed E-state index contributed by atoms with van der Waals surface area (Å²) in [4.78, 5) is 23.4. The molecule has 0 saturated carbocycles. The molecule has 0 saturated heterocycles. The van der Waals surface area contributed by atoms with Crippen LogP contribution in [0, 0.1) is 20.8 Å². The van der Waals surface area contributed by atoms with Gasteiger partial charge in [-0.15, -0.1) is 0 Å². The highest BCUT2D eigenvalue weighted by Crippen LogP contribution is 2.21. The van der Waals surface area contributed by atoms with Crippen molar-refractivity contribution >= 4 is 27.5 Å². The van der Waals surface area contributed by atoms with Crippen LogP contribution in [0.1, 0.15) is 34.0 Å². The topological polar surface area (TPSA) is 104 Å². The van der Waals surface area contributed by atoms with Gasteiger partial charge in [-0.25, -0.2) is 13.1 Å². The maximum absolute atomic E-state index is 12.6. The molecular weight excluding hydrogens is 378 g/mol. The Labute approximate surface area is 165 Å². The molecule has 0 unspecified atom stereocenters. The second-order valence-electron chi connectivity index (χ2n) is 6.64. The number of amides is 2. The van der Waals surface area contributed by atoms with Crippen LogP contribution in [0.4, 0.5) is 5.69 Å². The normalized spacial score (nSPS) is 11.1. The summed E-state index contributed by atoms with van der Waals surface area (Å²) in [6.07, 6.45) is 0. The van der Waals surface area contributed by atoms with E-state index in [0.717, 1.165) is 5.56 Å². The van der Waals surface area contributed by atoms with Crippen molar-refractivity contribution in [3.63, 3.8) is 0 Å². The third-order valence-corrected chi connectivity index (χ3v) is 5.81. The molecule has 2 aromatic carbocycles. The molecule has 0 aliphatic heterocycles. The second kappa shape index (κ2) is 8.99. The number of anilines is 1. The van der Waals surface area contributed by atoms with Gasteiger partial charge < -0.3 is 10.6 Å². The zero-order chi connectivity index (χ0) is 20.9. The van der Waals surface area contributed by atoms with Crippen molar-refractivity contribution in [2.24, 2.45) is 0 Å². The van der Waals surface area contributed by atoms with Crippen molar-refractivity contribution < 1.29 is 18.0 Å². The molecule has 3 N–H and O–H groups in total. The van der Waals surface area contributed by atoms with Gasteiger partial charge in [-0.1, -0.05) is 17.7 Å². The summed E-state index contributed by atoms with van der Waals surface area (Å²) in [7, 11) is -3.66. The van der Waals surface area contributed by atoms with Crippen LogP contribution in [0.5, 0.6) is 0 Å². The number of rotatable bonds is 7. The average Bonchev–Trinajstić information content (AvgIpc) is 2.57. The Morgan fingerprint density at radius 3 is 2.04 bits per heavy atom. The van der Waals surface area contributed by atoms with Crippen LogP contribution in [0.25, 0.3) is 0 Å². The molecule has 150 valence electrons. The minimum Gasteiger partial charge on any atom is -0.351 e. The number of aryl methyl sites for hydroxylation is 3. The quantitative estimate of drug-likeness (QED) is 0.617. The van der Waals surface area contributed by atoms with Gasteiger partial charge in [-0.3, -0.25) is 9.59 Å². The Kier molecular flexibility index (Phi) is 6.93. The summed E-state index contributed by atoms with van der Waals surface area (Å²) >= 11 is 0. The van der Waals surface area contributed by atoms with E-state index >= 15 is 0 Å². The molecule has 0 heterocycles. The highest BCUT2D eigenvalue weighted by atomic mass is 32.2. The Hall–Kier alpha value is -2.71. The first-order valence-electron chi connectivity index (χ1n) is 8.83. The van der Waals surface area contributed by atoms with Crippen LogP contribution >= 0.6 is 0 Å². The fourth-order valence-corrected chi connectivity index (χ4v) is 4.52. The summed E-state index contributed by atoms with van der Waals surface area (Å²) in [5.74, 6) is -0.514. The molecule has 8 heteroatoms. The number of nitrogens with one attached hydrogen (secondary N) is 3. The van der Waals surface area contributed by atoms with Crippen molar-refractivity contribution in [3.05, 3.63) is 58.7 Å². The summed E-state index contributed by atoms with van der Waals surface area (Å²) in [5.41, 5.74) is 3.40. The van der Waals surface area contributed by atoms with Crippen LogP contribution in [0.2, 0.25) is 0 Å². The van der Waals surface area contributed by atoms with Crippen molar-refractivity contribution in [2.75, 3.05) is 18.4 Å². The number of hydrogen-bond acceptors (Lipinski definition) is 4. The van der Waals surface area contributed by atoms with Crippen LogP contribution in [-0.4, -0.2) is 33.3 Å². The first-order chi connectivity index (χ1) is 13.1. The van der Waals surface area contributed by atoms with Gasteiger partial charge in [0.1, 0.15) is 0 Å². The SMILES string of the molecule is CC(=O)Nc1ccc(C(=O)NCCNS(=O)(=O)c2c(C)cc(C)cc2C)cc1. The Morgan fingerprint density at radius 2 is 1.50 bits per heavy atom. The van der Waals surface area contributed by atoms with Crippen molar-refractivity contribution in [1.82, 2.24) is 10.0 Å². The molecular formula is C20H25N3O4S. The smallest absolute Gasteiger partial charge is 0.251 e. The van der Waals surface area contributed by atoms with E-state index in [0.29, 0.717) is 22.4 Å². The minimum absolute atomic E-state index is 0.0742. The lowest BCUT2D eigenvalue weighted by Crippen LogP contribution is -2.35. The molecule has 2 rings (SSSR count). The van der Waals surface area contributed by atoms with Gasteiger partial charge in [0, 0.05) is 31.3 Å². The Bertz CT molecular complexity index is 960. The standard InChI is InChI=1S/C20H25N3O4S/c1-13-11-14(2)19(15(3)12-13)28(26,27)22-10-9-21-20(25)17-5-7-18(8-6-17)23-16(4)24/h5-8,11-12,22H,9-10H2,1-4H3,(H,21,25)(H,23,24). The molecule has 28 heavy (non-hydrogen) atoms. The number of hydrogen-bond donors (Lipinski definition) is 3. The Balaban J connectivity index is 1.91. The van der Waals surface area contributed by atoms with E-state index < -0.39 is 10.0 Å². The molecule has 0 bridgehead atoms. The molecule has 0 radical (unpaired) electrons. The Morgan fingerprint density at radius 1 is 0.929 bits per heavy atom. The van der Waals surface area contributed by atoms with E-state index in [2.05, 4.69) is 15.4 Å². The van der Waals surface area contributed by atoms with E-state index in [1.165, 1.54) is 6.92 Å². The van der Waals surface area contributed by atoms with Gasteiger partial charge in [0.2, 0.25) is 15.9 Å². The van der Waals surface area contributed by atoms with Gasteiger partial charge >= 0.3 is 0 Å². The molecule has 7 nitrogen and oxygen atoms in total. The van der Waals surface area contributed by atoms with Gasteiger partial charge in [-0.05, 0) is 56.2 Å². The van der Waals surface area contributed by atoms with Crippen LogP contribution in [0.3, 0.4) is 0 Å². The van der Waals surface area contributed by atoms with E-state index in [4.69, 9.17) is 0 Å². The zero-order valence-electron chi connectivity index (χ0n) is 16.4. The predicted octanol–water partition coefficient (Wildman–Crippen LogP) is 2.28.